The Bertz CT molecular complexity index is 121. The van der Waals surface area contributed by atoms with Gasteiger partial charge in [0, 0.05) is 18.6 Å². The van der Waals surface area contributed by atoms with Gasteiger partial charge in [0.1, 0.15) is 0 Å². The lowest BCUT2D eigenvalue weighted by atomic mass is 10.0. The van der Waals surface area contributed by atoms with Crippen LogP contribution in [0.5, 0.6) is 0 Å². The van der Waals surface area contributed by atoms with Crippen LogP contribution in [0.15, 0.2) is 0 Å². The quantitative estimate of drug-likeness (QED) is 0.690. The van der Waals surface area contributed by atoms with Gasteiger partial charge in [-0.05, 0) is 40.3 Å². The average molecular weight is 170 g/mol. The molecule has 2 heteroatoms. The summed E-state index contributed by atoms with van der Waals surface area (Å²) in [5.41, 5.74) is 0. The second kappa shape index (κ2) is 4.83. The van der Waals surface area contributed by atoms with Crippen LogP contribution in [0.4, 0.5) is 0 Å². The minimum atomic E-state index is 0.712. The van der Waals surface area contributed by atoms with Crippen LogP contribution >= 0.6 is 0 Å². The Morgan fingerprint density at radius 1 is 1.42 bits per heavy atom. The molecule has 1 atom stereocenters. The van der Waals surface area contributed by atoms with Crippen LogP contribution in [0.3, 0.4) is 0 Å². The molecule has 0 saturated carbocycles. The number of hydrogen-bond acceptors (Lipinski definition) is 2. The summed E-state index contributed by atoms with van der Waals surface area (Å²) < 4.78 is 0. The molecule has 0 aromatic heterocycles. The van der Waals surface area contributed by atoms with Crippen LogP contribution in [-0.4, -0.2) is 37.1 Å². The molecule has 1 heterocycles. The van der Waals surface area contributed by atoms with Crippen molar-refractivity contribution in [1.82, 2.24) is 10.2 Å². The van der Waals surface area contributed by atoms with Crippen LogP contribution < -0.4 is 5.32 Å². The molecule has 1 rings (SSSR count). The van der Waals surface area contributed by atoms with Gasteiger partial charge in [-0.15, -0.1) is 0 Å². The van der Waals surface area contributed by atoms with E-state index in [2.05, 4.69) is 24.1 Å². The Morgan fingerprint density at radius 2 is 2.17 bits per heavy atom. The lowest BCUT2D eigenvalue weighted by molar-refractivity contribution is 0.112. The van der Waals surface area contributed by atoms with E-state index < -0.39 is 0 Å². The fraction of sp³-hybridized carbons (Fsp3) is 1.00. The molecule has 1 N–H and O–H groups in total. The zero-order chi connectivity index (χ0) is 8.97. The Labute approximate surface area is 76.3 Å². The number of likely N-dealkylation sites (N-methyl/N-ethyl adjacent to an activating group) is 1. The maximum absolute atomic E-state index is 3.28. The summed E-state index contributed by atoms with van der Waals surface area (Å²) in [6.45, 7) is 7.05. The van der Waals surface area contributed by atoms with Gasteiger partial charge in [0.05, 0.1) is 0 Å². The van der Waals surface area contributed by atoms with Crippen molar-refractivity contribution < 1.29 is 0 Å². The topological polar surface area (TPSA) is 15.3 Å². The van der Waals surface area contributed by atoms with E-state index in [1.54, 1.807) is 0 Å². The monoisotopic (exact) mass is 170 g/mol. The third-order valence-corrected chi connectivity index (χ3v) is 2.78. The lowest BCUT2D eigenvalue weighted by Crippen LogP contribution is -2.48. The molecule has 1 aliphatic rings. The first-order valence-corrected chi connectivity index (χ1v) is 5.16. The van der Waals surface area contributed by atoms with Crippen molar-refractivity contribution in [3.63, 3.8) is 0 Å². The van der Waals surface area contributed by atoms with Crippen molar-refractivity contribution in [1.29, 1.82) is 0 Å². The average Bonchev–Trinajstić information content (AvgIpc) is 2.05. The Hall–Kier alpha value is -0.0800. The number of nitrogens with one attached hydrogen (secondary N) is 1. The third kappa shape index (κ3) is 2.46. The molecule has 0 spiro atoms. The standard InChI is InChI=1S/C10H22N2/c1-9(2)12-7-5-4-6-10(12)8-11-3/h9-11H,4-8H2,1-3H3. The first-order chi connectivity index (χ1) is 5.75. The third-order valence-electron chi connectivity index (χ3n) is 2.78. The smallest absolute Gasteiger partial charge is 0.0223 e. The first-order valence-electron chi connectivity index (χ1n) is 5.16. The molecule has 2 nitrogen and oxygen atoms in total. The Balaban J connectivity index is 2.42. The van der Waals surface area contributed by atoms with Crippen LogP contribution in [0.25, 0.3) is 0 Å². The van der Waals surface area contributed by atoms with Gasteiger partial charge < -0.3 is 5.32 Å². The van der Waals surface area contributed by atoms with Crippen LogP contribution in [0, 0.1) is 0 Å². The lowest BCUT2D eigenvalue weighted by Gasteiger charge is -2.38. The van der Waals surface area contributed by atoms with Crippen LogP contribution in [-0.2, 0) is 0 Å². The fourth-order valence-electron chi connectivity index (χ4n) is 2.16. The zero-order valence-corrected chi connectivity index (χ0v) is 8.64. The van der Waals surface area contributed by atoms with E-state index in [9.17, 15) is 0 Å². The summed E-state index contributed by atoms with van der Waals surface area (Å²) in [7, 11) is 2.05. The number of likely N-dealkylation sites (tertiary alicyclic amines) is 1. The van der Waals surface area contributed by atoms with Gasteiger partial charge in [-0.2, -0.15) is 0 Å². The molecule has 0 aromatic rings. The SMILES string of the molecule is CNCC1CCCCN1C(C)C. The predicted octanol–water partition coefficient (Wildman–Crippen LogP) is 1.47. The molecule has 0 radical (unpaired) electrons. The molecule has 0 aliphatic carbocycles. The van der Waals surface area contributed by atoms with Crippen molar-refractivity contribution in [2.45, 2.75) is 45.2 Å². The number of rotatable bonds is 3. The highest BCUT2D eigenvalue weighted by molar-refractivity contribution is 4.80. The van der Waals surface area contributed by atoms with Gasteiger partial charge in [0.25, 0.3) is 0 Å². The van der Waals surface area contributed by atoms with E-state index in [0.717, 1.165) is 12.6 Å². The number of piperidine rings is 1. The van der Waals surface area contributed by atoms with Gasteiger partial charge in [0.2, 0.25) is 0 Å². The molecule has 72 valence electrons. The number of hydrogen-bond donors (Lipinski definition) is 1. The molecule has 0 aromatic carbocycles. The molecule has 0 bridgehead atoms. The first kappa shape index (κ1) is 10.0. The van der Waals surface area contributed by atoms with E-state index in [0.29, 0.717) is 6.04 Å². The second-order valence-electron chi connectivity index (χ2n) is 4.04. The van der Waals surface area contributed by atoms with Crippen LogP contribution in [0.2, 0.25) is 0 Å². The largest absolute Gasteiger partial charge is 0.318 e. The Kier molecular flexibility index (Phi) is 4.02. The summed E-state index contributed by atoms with van der Waals surface area (Å²) >= 11 is 0. The van der Waals surface area contributed by atoms with Crippen molar-refractivity contribution >= 4 is 0 Å². The van der Waals surface area contributed by atoms with Crippen molar-refractivity contribution in [2.75, 3.05) is 20.1 Å². The van der Waals surface area contributed by atoms with E-state index in [4.69, 9.17) is 0 Å². The van der Waals surface area contributed by atoms with Gasteiger partial charge in [-0.1, -0.05) is 6.42 Å². The minimum Gasteiger partial charge on any atom is -0.318 e. The summed E-state index contributed by atoms with van der Waals surface area (Å²) in [4.78, 5) is 2.62. The Morgan fingerprint density at radius 3 is 2.75 bits per heavy atom. The maximum atomic E-state index is 3.28. The summed E-state index contributed by atoms with van der Waals surface area (Å²) in [5.74, 6) is 0. The number of nitrogens with zero attached hydrogens (tertiary/aromatic N) is 1. The maximum Gasteiger partial charge on any atom is 0.0223 e. The molecule has 1 unspecified atom stereocenters. The molecule has 1 saturated heterocycles. The van der Waals surface area contributed by atoms with Crippen molar-refractivity contribution in [3.8, 4) is 0 Å². The van der Waals surface area contributed by atoms with E-state index >= 15 is 0 Å². The van der Waals surface area contributed by atoms with E-state index in [-0.39, 0.29) is 0 Å². The minimum absolute atomic E-state index is 0.712. The van der Waals surface area contributed by atoms with Crippen LogP contribution in [0.1, 0.15) is 33.1 Å². The molecule has 1 fully saturated rings. The predicted molar refractivity (Wildman–Crippen MR) is 53.4 cm³/mol. The van der Waals surface area contributed by atoms with Crippen molar-refractivity contribution in [2.24, 2.45) is 0 Å². The highest BCUT2D eigenvalue weighted by atomic mass is 15.2. The molecular formula is C10H22N2. The second-order valence-corrected chi connectivity index (χ2v) is 4.04. The van der Waals surface area contributed by atoms with E-state index in [1.807, 2.05) is 7.05 Å². The van der Waals surface area contributed by atoms with Crippen molar-refractivity contribution in [3.05, 3.63) is 0 Å². The normalized spacial score (nSPS) is 26.5. The molecular weight excluding hydrogens is 148 g/mol. The molecule has 12 heavy (non-hydrogen) atoms. The summed E-state index contributed by atoms with van der Waals surface area (Å²) in [5, 5.41) is 3.28. The highest BCUT2D eigenvalue weighted by Crippen LogP contribution is 2.18. The van der Waals surface area contributed by atoms with Gasteiger partial charge in [-0.3, -0.25) is 4.90 Å². The van der Waals surface area contributed by atoms with Gasteiger partial charge in [0.15, 0.2) is 0 Å². The summed E-state index contributed by atoms with van der Waals surface area (Å²) in [6.07, 6.45) is 4.17. The highest BCUT2D eigenvalue weighted by Gasteiger charge is 2.23. The zero-order valence-electron chi connectivity index (χ0n) is 8.64. The molecule has 1 aliphatic heterocycles. The van der Waals surface area contributed by atoms with Gasteiger partial charge >= 0.3 is 0 Å². The molecule has 0 amide bonds. The fourth-order valence-corrected chi connectivity index (χ4v) is 2.16. The van der Waals surface area contributed by atoms with Gasteiger partial charge in [-0.25, -0.2) is 0 Å². The van der Waals surface area contributed by atoms with E-state index in [1.165, 1.54) is 25.8 Å². The summed E-state index contributed by atoms with van der Waals surface area (Å²) in [6, 6.07) is 1.49.